The summed E-state index contributed by atoms with van der Waals surface area (Å²) in [4.78, 5) is 62.3. The van der Waals surface area contributed by atoms with Crippen LogP contribution in [0, 0.1) is 0 Å². The molecule has 3 N–H and O–H groups in total. The quantitative estimate of drug-likeness (QED) is 0.447. The number of amides is 5. The molecule has 1 fully saturated rings. The molecule has 1 aliphatic rings. The van der Waals surface area contributed by atoms with Crippen molar-refractivity contribution in [1.29, 1.82) is 0 Å². The highest BCUT2D eigenvalue weighted by atomic mass is 16.2. The third-order valence-electron chi connectivity index (χ3n) is 4.05. The van der Waals surface area contributed by atoms with Crippen LogP contribution in [0.3, 0.4) is 0 Å². The molecule has 0 radical (unpaired) electrons. The van der Waals surface area contributed by atoms with Crippen LogP contribution in [0.2, 0.25) is 0 Å². The average molecular weight is 369 g/mol. The SMILES string of the molecule is CC1NC(=O)CCC(=O)N(C)CCNC(=O)CCN(C)C(=O)CNC1=O. The van der Waals surface area contributed by atoms with E-state index in [0.29, 0.717) is 6.54 Å². The smallest absolute Gasteiger partial charge is 0.242 e. The minimum atomic E-state index is -0.821. The molecule has 0 aromatic heterocycles. The van der Waals surface area contributed by atoms with Gasteiger partial charge in [0.15, 0.2) is 0 Å². The number of nitrogens with one attached hydrogen (secondary N) is 3. The van der Waals surface area contributed by atoms with Gasteiger partial charge in [0.1, 0.15) is 6.04 Å². The standard InChI is InChI=1S/C16H27N5O5/c1-11-16(26)18-10-15(25)20(2)8-6-12(22)17-7-9-21(3)14(24)5-4-13(23)19-11/h11H,4-10H2,1-3H3,(H,17,22)(H,18,26)(H,19,23). The summed E-state index contributed by atoms with van der Waals surface area (Å²) in [6, 6.07) is -0.821. The van der Waals surface area contributed by atoms with Crippen molar-refractivity contribution < 1.29 is 24.0 Å². The van der Waals surface area contributed by atoms with Crippen molar-refractivity contribution in [3.05, 3.63) is 0 Å². The van der Waals surface area contributed by atoms with E-state index in [1.54, 1.807) is 7.05 Å². The number of hydrogen-bond donors (Lipinski definition) is 3. The van der Waals surface area contributed by atoms with E-state index in [-0.39, 0.29) is 56.6 Å². The highest BCUT2D eigenvalue weighted by Crippen LogP contribution is 1.97. The highest BCUT2D eigenvalue weighted by Gasteiger charge is 2.19. The van der Waals surface area contributed by atoms with Crippen molar-refractivity contribution >= 4 is 29.5 Å². The molecule has 10 nitrogen and oxygen atoms in total. The highest BCUT2D eigenvalue weighted by molar-refractivity contribution is 5.91. The van der Waals surface area contributed by atoms with E-state index in [1.807, 2.05) is 0 Å². The van der Waals surface area contributed by atoms with Crippen molar-refractivity contribution in [3.63, 3.8) is 0 Å². The Morgan fingerprint density at radius 2 is 1.46 bits per heavy atom. The van der Waals surface area contributed by atoms with Gasteiger partial charge >= 0.3 is 0 Å². The van der Waals surface area contributed by atoms with Crippen LogP contribution >= 0.6 is 0 Å². The van der Waals surface area contributed by atoms with Gasteiger partial charge in [0.05, 0.1) is 6.54 Å². The lowest BCUT2D eigenvalue weighted by Gasteiger charge is -2.20. The van der Waals surface area contributed by atoms with Crippen molar-refractivity contribution in [2.24, 2.45) is 0 Å². The minimum Gasteiger partial charge on any atom is -0.354 e. The van der Waals surface area contributed by atoms with Gasteiger partial charge in [-0.1, -0.05) is 0 Å². The molecule has 10 heteroatoms. The van der Waals surface area contributed by atoms with Gasteiger partial charge < -0.3 is 25.8 Å². The predicted octanol–water partition coefficient (Wildman–Crippen LogP) is -2.18. The molecule has 0 aromatic rings. The third-order valence-corrected chi connectivity index (χ3v) is 4.05. The number of nitrogens with zero attached hydrogens (tertiary/aromatic N) is 2. The average Bonchev–Trinajstić information content (AvgIpc) is 2.60. The number of carbonyl (C=O) groups excluding carboxylic acids is 5. The number of hydrogen-bond acceptors (Lipinski definition) is 5. The molecular weight excluding hydrogens is 342 g/mol. The zero-order valence-electron chi connectivity index (χ0n) is 15.5. The van der Waals surface area contributed by atoms with E-state index in [4.69, 9.17) is 0 Å². The lowest BCUT2D eigenvalue weighted by molar-refractivity contribution is -0.135. The molecule has 1 saturated heterocycles. The normalized spacial score (nSPS) is 22.9. The first-order chi connectivity index (χ1) is 12.2. The Hall–Kier alpha value is -2.65. The molecule has 26 heavy (non-hydrogen) atoms. The molecular formula is C16H27N5O5. The van der Waals surface area contributed by atoms with Gasteiger partial charge in [-0.2, -0.15) is 0 Å². The molecule has 1 rings (SSSR count). The topological polar surface area (TPSA) is 128 Å². The fourth-order valence-corrected chi connectivity index (χ4v) is 2.21. The Kier molecular flexibility index (Phi) is 8.53. The maximum absolute atomic E-state index is 12.0. The second-order valence-electron chi connectivity index (χ2n) is 6.24. The molecule has 1 unspecified atom stereocenters. The van der Waals surface area contributed by atoms with Crippen LogP contribution in [0.5, 0.6) is 0 Å². The Morgan fingerprint density at radius 1 is 0.808 bits per heavy atom. The summed E-state index contributed by atoms with van der Waals surface area (Å²) in [5, 5.41) is 7.62. The van der Waals surface area contributed by atoms with Crippen LogP contribution < -0.4 is 16.0 Å². The van der Waals surface area contributed by atoms with Gasteiger partial charge in [-0.3, -0.25) is 24.0 Å². The zero-order chi connectivity index (χ0) is 19.7. The fraction of sp³-hybridized carbons (Fsp3) is 0.688. The first kappa shape index (κ1) is 21.4. The maximum Gasteiger partial charge on any atom is 0.242 e. The van der Waals surface area contributed by atoms with Crippen LogP contribution in [-0.2, 0) is 24.0 Å². The molecule has 1 aliphatic heterocycles. The van der Waals surface area contributed by atoms with E-state index < -0.39 is 17.9 Å². The molecule has 0 spiro atoms. The molecule has 1 heterocycles. The maximum atomic E-state index is 12.0. The molecule has 146 valence electrons. The van der Waals surface area contributed by atoms with E-state index in [0.717, 1.165) is 0 Å². The predicted molar refractivity (Wildman–Crippen MR) is 92.7 cm³/mol. The first-order valence-electron chi connectivity index (χ1n) is 8.52. The van der Waals surface area contributed by atoms with Gasteiger partial charge in [0.2, 0.25) is 29.5 Å². The van der Waals surface area contributed by atoms with E-state index in [2.05, 4.69) is 16.0 Å². The number of likely N-dealkylation sites (N-methyl/N-ethyl adjacent to an activating group) is 2. The molecule has 0 bridgehead atoms. The number of rotatable bonds is 0. The summed E-state index contributed by atoms with van der Waals surface area (Å²) in [6.45, 7) is 2.10. The molecule has 5 amide bonds. The monoisotopic (exact) mass is 369 g/mol. The van der Waals surface area contributed by atoms with Crippen LogP contribution in [0.15, 0.2) is 0 Å². The summed E-state index contributed by atoms with van der Waals surface area (Å²) in [7, 11) is 3.13. The van der Waals surface area contributed by atoms with Crippen LogP contribution in [0.25, 0.3) is 0 Å². The third kappa shape index (κ3) is 7.49. The molecule has 1 atom stereocenters. The van der Waals surface area contributed by atoms with Crippen molar-refractivity contribution in [1.82, 2.24) is 25.8 Å². The molecule has 0 aliphatic carbocycles. The van der Waals surface area contributed by atoms with Crippen LogP contribution in [0.4, 0.5) is 0 Å². The second kappa shape index (κ2) is 10.4. The first-order valence-corrected chi connectivity index (χ1v) is 8.52. The Morgan fingerprint density at radius 3 is 2.15 bits per heavy atom. The minimum absolute atomic E-state index is 0.00784. The van der Waals surface area contributed by atoms with Gasteiger partial charge in [0.25, 0.3) is 0 Å². The van der Waals surface area contributed by atoms with Gasteiger partial charge in [-0.05, 0) is 6.92 Å². The second-order valence-corrected chi connectivity index (χ2v) is 6.24. The van der Waals surface area contributed by atoms with Gasteiger partial charge in [0, 0.05) is 53.0 Å². The lowest BCUT2D eigenvalue weighted by Crippen LogP contribution is -2.48. The zero-order valence-corrected chi connectivity index (χ0v) is 15.5. The summed E-state index contributed by atoms with van der Waals surface area (Å²) < 4.78 is 0. The summed E-state index contributed by atoms with van der Waals surface area (Å²) >= 11 is 0. The fourth-order valence-electron chi connectivity index (χ4n) is 2.21. The van der Waals surface area contributed by atoms with E-state index in [1.165, 1.54) is 23.8 Å². The Labute approximate surface area is 152 Å². The largest absolute Gasteiger partial charge is 0.354 e. The summed E-state index contributed by atoms with van der Waals surface area (Å²) in [6.07, 6.45) is 0.0863. The summed E-state index contributed by atoms with van der Waals surface area (Å²) in [5.74, 6) is -1.72. The van der Waals surface area contributed by atoms with E-state index >= 15 is 0 Å². The van der Waals surface area contributed by atoms with Crippen molar-refractivity contribution in [2.75, 3.05) is 40.3 Å². The van der Waals surface area contributed by atoms with Crippen LogP contribution in [0.1, 0.15) is 26.2 Å². The molecule has 0 saturated carbocycles. The van der Waals surface area contributed by atoms with Gasteiger partial charge in [-0.15, -0.1) is 0 Å². The Balaban J connectivity index is 2.72. The number of carbonyl (C=O) groups is 5. The summed E-state index contributed by atoms with van der Waals surface area (Å²) in [5.41, 5.74) is 0. The van der Waals surface area contributed by atoms with Crippen LogP contribution in [-0.4, -0.2) is 85.7 Å². The molecule has 0 aromatic carbocycles. The van der Waals surface area contributed by atoms with Crippen molar-refractivity contribution in [2.45, 2.75) is 32.2 Å². The van der Waals surface area contributed by atoms with E-state index in [9.17, 15) is 24.0 Å². The van der Waals surface area contributed by atoms with Crippen molar-refractivity contribution in [3.8, 4) is 0 Å². The lowest BCUT2D eigenvalue weighted by atomic mass is 10.2. The van der Waals surface area contributed by atoms with Gasteiger partial charge in [-0.25, -0.2) is 0 Å². The Bertz CT molecular complexity index is 565.